The van der Waals surface area contributed by atoms with Crippen LogP contribution in [0.5, 0.6) is 0 Å². The lowest BCUT2D eigenvalue weighted by molar-refractivity contribution is 0.423. The molecule has 1 aliphatic rings. The molecule has 0 unspecified atom stereocenters. The Morgan fingerprint density at radius 1 is 1.33 bits per heavy atom. The van der Waals surface area contributed by atoms with Gasteiger partial charge in [-0.05, 0) is 24.5 Å². The van der Waals surface area contributed by atoms with Crippen molar-refractivity contribution in [1.82, 2.24) is 14.3 Å². The van der Waals surface area contributed by atoms with E-state index in [1.165, 1.54) is 16.8 Å². The molecule has 0 amide bonds. The van der Waals surface area contributed by atoms with Crippen LogP contribution in [0.2, 0.25) is 0 Å². The molecule has 1 aromatic heterocycles. The lowest BCUT2D eigenvalue weighted by Crippen LogP contribution is -2.33. The van der Waals surface area contributed by atoms with E-state index in [9.17, 15) is 9.18 Å². The van der Waals surface area contributed by atoms with Crippen LogP contribution in [-0.2, 0) is 19.5 Å². The van der Waals surface area contributed by atoms with E-state index in [0.29, 0.717) is 12.1 Å². The Morgan fingerprint density at radius 2 is 2.14 bits per heavy atom. The summed E-state index contributed by atoms with van der Waals surface area (Å²) in [4.78, 5) is 12.2. The topological polar surface area (TPSA) is 80.3 Å². The fourth-order valence-corrected chi connectivity index (χ4v) is 2.61. The smallest absolute Gasteiger partial charge is 0.423 e. The van der Waals surface area contributed by atoms with E-state index in [4.69, 9.17) is 10.0 Å². The van der Waals surface area contributed by atoms with Gasteiger partial charge < -0.3 is 10.0 Å². The van der Waals surface area contributed by atoms with Crippen molar-refractivity contribution in [1.29, 1.82) is 0 Å². The zero-order valence-electron chi connectivity index (χ0n) is 11.4. The van der Waals surface area contributed by atoms with Crippen molar-refractivity contribution >= 4 is 12.6 Å². The van der Waals surface area contributed by atoms with Crippen LogP contribution >= 0.6 is 0 Å². The van der Waals surface area contributed by atoms with Crippen molar-refractivity contribution in [3.63, 3.8) is 0 Å². The molecule has 0 atom stereocenters. The van der Waals surface area contributed by atoms with Crippen LogP contribution in [-0.4, -0.2) is 31.5 Å². The van der Waals surface area contributed by atoms with Gasteiger partial charge in [-0.1, -0.05) is 12.1 Å². The van der Waals surface area contributed by atoms with E-state index in [0.717, 1.165) is 31.2 Å². The second-order valence-electron chi connectivity index (χ2n) is 5.19. The van der Waals surface area contributed by atoms with Crippen LogP contribution in [0.25, 0.3) is 0 Å². The van der Waals surface area contributed by atoms with Gasteiger partial charge in [-0.2, -0.15) is 5.10 Å². The molecule has 0 saturated heterocycles. The van der Waals surface area contributed by atoms with E-state index >= 15 is 0 Å². The minimum atomic E-state index is -1.88. The van der Waals surface area contributed by atoms with Gasteiger partial charge in [0, 0.05) is 18.4 Å². The first-order valence-electron chi connectivity index (χ1n) is 6.87. The molecule has 110 valence electrons. The number of hydrogen-bond donors (Lipinski definition) is 2. The quantitative estimate of drug-likeness (QED) is 0.729. The molecule has 0 saturated carbocycles. The molecule has 2 heterocycles. The van der Waals surface area contributed by atoms with Crippen molar-refractivity contribution in [2.45, 2.75) is 32.4 Å². The minimum absolute atomic E-state index is 0.179. The van der Waals surface area contributed by atoms with Crippen LogP contribution < -0.4 is 11.2 Å². The summed E-state index contributed by atoms with van der Waals surface area (Å²) in [5.41, 5.74) is 0.210. The molecular formula is C13H15BFN3O3. The minimum Gasteiger partial charge on any atom is -0.423 e. The Bertz CT molecular complexity index is 726. The van der Waals surface area contributed by atoms with Crippen molar-refractivity contribution in [3.8, 4) is 0 Å². The van der Waals surface area contributed by atoms with Gasteiger partial charge in [-0.15, -0.1) is 0 Å². The summed E-state index contributed by atoms with van der Waals surface area (Å²) in [5.74, 6) is 0.0843. The fourth-order valence-electron chi connectivity index (χ4n) is 2.61. The van der Waals surface area contributed by atoms with E-state index in [-0.39, 0.29) is 17.7 Å². The zero-order valence-corrected chi connectivity index (χ0v) is 11.4. The number of nitrogens with zero attached hydrogens (tertiary/aromatic N) is 3. The summed E-state index contributed by atoms with van der Waals surface area (Å²) in [6.07, 6.45) is 2.77. The van der Waals surface area contributed by atoms with Gasteiger partial charge in [0.1, 0.15) is 11.6 Å². The number of aromatic nitrogens is 3. The monoisotopic (exact) mass is 291 g/mol. The largest absolute Gasteiger partial charge is 0.491 e. The molecule has 1 aliphatic heterocycles. The van der Waals surface area contributed by atoms with Gasteiger partial charge >= 0.3 is 12.8 Å². The third-order valence-corrected chi connectivity index (χ3v) is 3.70. The lowest BCUT2D eigenvalue weighted by Gasteiger charge is -2.09. The molecule has 0 radical (unpaired) electrons. The molecule has 2 aromatic rings. The van der Waals surface area contributed by atoms with Crippen molar-refractivity contribution in [3.05, 3.63) is 45.9 Å². The van der Waals surface area contributed by atoms with Crippen LogP contribution in [0.4, 0.5) is 4.39 Å². The maximum absolute atomic E-state index is 13.4. The van der Waals surface area contributed by atoms with E-state index < -0.39 is 12.9 Å². The Kier molecular flexibility index (Phi) is 3.65. The highest BCUT2D eigenvalue weighted by Crippen LogP contribution is 2.10. The fraction of sp³-hybridized carbons (Fsp3) is 0.385. The molecule has 0 aliphatic carbocycles. The summed E-state index contributed by atoms with van der Waals surface area (Å²) in [7, 11) is -1.88. The summed E-state index contributed by atoms with van der Waals surface area (Å²) in [5, 5.41) is 22.5. The Morgan fingerprint density at radius 3 is 2.86 bits per heavy atom. The molecule has 0 bridgehead atoms. The number of hydrogen-bond acceptors (Lipinski definition) is 4. The van der Waals surface area contributed by atoms with Gasteiger partial charge in [-0.3, -0.25) is 4.57 Å². The summed E-state index contributed by atoms with van der Waals surface area (Å²) in [6, 6.07) is 4.00. The Balaban J connectivity index is 1.92. The van der Waals surface area contributed by atoms with Crippen molar-refractivity contribution < 1.29 is 14.4 Å². The van der Waals surface area contributed by atoms with Gasteiger partial charge in [0.15, 0.2) is 0 Å². The maximum atomic E-state index is 13.4. The first-order valence-corrected chi connectivity index (χ1v) is 6.87. The number of benzene rings is 1. The van der Waals surface area contributed by atoms with E-state index in [2.05, 4.69) is 5.10 Å². The van der Waals surface area contributed by atoms with Crippen LogP contribution in [0.3, 0.4) is 0 Å². The predicted molar refractivity (Wildman–Crippen MR) is 74.8 cm³/mol. The van der Waals surface area contributed by atoms with Gasteiger partial charge in [0.05, 0.1) is 6.54 Å². The van der Waals surface area contributed by atoms with E-state index in [1.54, 1.807) is 4.57 Å². The predicted octanol–water partition coefficient (Wildman–Crippen LogP) is -0.752. The molecule has 1 aromatic carbocycles. The highest BCUT2D eigenvalue weighted by Gasteiger charge is 2.19. The zero-order chi connectivity index (χ0) is 15.0. The van der Waals surface area contributed by atoms with Crippen LogP contribution in [0, 0.1) is 5.82 Å². The summed E-state index contributed by atoms with van der Waals surface area (Å²) < 4.78 is 16.4. The third kappa shape index (κ3) is 2.64. The standard InChI is InChI=1S/C13H15BFN3O3/c15-11-5-4-9(7-10(11)14(20)21)8-18-13(19)17-6-2-1-3-12(17)16-18/h4-5,7,20-21H,1-3,6,8H2. The molecule has 21 heavy (non-hydrogen) atoms. The summed E-state index contributed by atoms with van der Waals surface area (Å²) >= 11 is 0. The molecular weight excluding hydrogens is 276 g/mol. The third-order valence-electron chi connectivity index (χ3n) is 3.70. The van der Waals surface area contributed by atoms with Gasteiger partial charge in [-0.25, -0.2) is 13.9 Å². The van der Waals surface area contributed by atoms with Gasteiger partial charge in [0.2, 0.25) is 0 Å². The molecule has 0 fully saturated rings. The highest BCUT2D eigenvalue weighted by atomic mass is 19.1. The second kappa shape index (κ2) is 5.46. The molecule has 8 heteroatoms. The first-order chi connectivity index (χ1) is 10.1. The van der Waals surface area contributed by atoms with Crippen LogP contribution in [0.15, 0.2) is 23.0 Å². The normalized spacial score (nSPS) is 14.0. The average Bonchev–Trinajstić information content (AvgIpc) is 2.78. The molecule has 0 spiro atoms. The van der Waals surface area contributed by atoms with Crippen molar-refractivity contribution in [2.24, 2.45) is 0 Å². The lowest BCUT2D eigenvalue weighted by atomic mass is 9.79. The Labute approximate surface area is 120 Å². The highest BCUT2D eigenvalue weighted by molar-refractivity contribution is 6.58. The number of aryl methyl sites for hydroxylation is 1. The first kappa shape index (κ1) is 14.0. The molecule has 2 N–H and O–H groups in total. The van der Waals surface area contributed by atoms with Gasteiger partial charge in [0.25, 0.3) is 0 Å². The molecule has 3 rings (SSSR count). The number of halogens is 1. The Hall–Kier alpha value is -1.93. The number of rotatable bonds is 3. The van der Waals surface area contributed by atoms with Crippen LogP contribution in [0.1, 0.15) is 24.2 Å². The maximum Gasteiger partial charge on any atom is 0.491 e. The number of fused-ring (bicyclic) bond motifs is 1. The van der Waals surface area contributed by atoms with E-state index in [1.807, 2.05) is 0 Å². The average molecular weight is 291 g/mol. The molecule has 6 nitrogen and oxygen atoms in total. The summed E-state index contributed by atoms with van der Waals surface area (Å²) in [6.45, 7) is 0.858. The van der Waals surface area contributed by atoms with Crippen molar-refractivity contribution in [2.75, 3.05) is 0 Å². The second-order valence-corrected chi connectivity index (χ2v) is 5.19. The SMILES string of the molecule is O=c1n(Cc2ccc(F)c(B(O)O)c2)nc2n1CCCC2.